The summed E-state index contributed by atoms with van der Waals surface area (Å²) in [5.41, 5.74) is 2.03. The van der Waals surface area contributed by atoms with Gasteiger partial charge in [0.1, 0.15) is 11.5 Å². The number of phenolic OH excluding ortho intramolecular Hbond substituents is 1. The molecule has 0 aliphatic rings. The molecule has 0 saturated heterocycles. The Hall–Kier alpha value is -3.65. The van der Waals surface area contributed by atoms with Crippen molar-refractivity contribution in [1.82, 2.24) is 9.97 Å². The summed E-state index contributed by atoms with van der Waals surface area (Å²) < 4.78 is 5.59. The zero-order chi connectivity index (χ0) is 16.8. The smallest absolute Gasteiger partial charge is 0.321 e. The molecule has 0 unspecified atom stereocenters. The third kappa shape index (κ3) is 3.76. The number of hydrogen-bond acceptors (Lipinski definition) is 5. The maximum Gasteiger partial charge on any atom is 0.321 e. The highest BCUT2D eigenvalue weighted by molar-refractivity contribution is 5.89. The number of aromatic hydroxyl groups is 1. The molecule has 0 fully saturated rings. The number of benzene rings is 2. The number of nitriles is 1. The van der Waals surface area contributed by atoms with Crippen LogP contribution in [-0.2, 0) is 0 Å². The average molecular weight is 315 g/mol. The third-order valence-electron chi connectivity index (χ3n) is 3.22. The standard InChI is InChI=1S/C19H13N3O2/c20-13-16(15-5-7-17(23)8-6-15)11-14-3-1-4-18(12-14)24-19-21-9-2-10-22-19/h1-12,23H. The monoisotopic (exact) mass is 315 g/mol. The second-order valence-electron chi connectivity index (χ2n) is 4.92. The SMILES string of the molecule is N#CC(=Cc1cccc(Oc2ncccn2)c1)c1ccc(O)cc1. The van der Waals surface area contributed by atoms with Crippen LogP contribution >= 0.6 is 0 Å². The van der Waals surface area contributed by atoms with Gasteiger partial charge in [-0.25, -0.2) is 9.97 Å². The molecule has 0 atom stereocenters. The minimum atomic E-state index is 0.161. The lowest BCUT2D eigenvalue weighted by Gasteiger charge is -2.05. The van der Waals surface area contributed by atoms with Crippen molar-refractivity contribution in [3.8, 4) is 23.6 Å². The summed E-state index contributed by atoms with van der Waals surface area (Å²) in [6.07, 6.45) is 4.96. The molecule has 3 rings (SSSR count). The quantitative estimate of drug-likeness (QED) is 0.580. The summed E-state index contributed by atoms with van der Waals surface area (Å²) in [5, 5.41) is 18.7. The predicted molar refractivity (Wildman–Crippen MR) is 90.1 cm³/mol. The number of nitrogens with zero attached hydrogens (tertiary/aromatic N) is 3. The van der Waals surface area contributed by atoms with Gasteiger partial charge in [-0.2, -0.15) is 5.26 Å². The summed E-state index contributed by atoms with van der Waals surface area (Å²) in [4.78, 5) is 8.02. The van der Waals surface area contributed by atoms with E-state index in [-0.39, 0.29) is 11.8 Å². The summed E-state index contributed by atoms with van der Waals surface area (Å²) in [5.74, 6) is 0.743. The van der Waals surface area contributed by atoms with Gasteiger partial charge in [0.05, 0.1) is 11.6 Å². The van der Waals surface area contributed by atoms with Gasteiger partial charge in [-0.1, -0.05) is 12.1 Å². The Labute approximate surface area is 139 Å². The van der Waals surface area contributed by atoms with E-state index in [1.54, 1.807) is 60.9 Å². The number of ether oxygens (including phenoxy) is 1. The van der Waals surface area contributed by atoms with Gasteiger partial charge in [-0.15, -0.1) is 0 Å². The first kappa shape index (κ1) is 15.3. The minimum Gasteiger partial charge on any atom is -0.508 e. The third-order valence-corrected chi connectivity index (χ3v) is 3.22. The average Bonchev–Trinajstić information content (AvgIpc) is 2.62. The summed E-state index contributed by atoms with van der Waals surface area (Å²) in [7, 11) is 0. The first-order valence-corrected chi connectivity index (χ1v) is 7.21. The van der Waals surface area contributed by atoms with Crippen LogP contribution in [0.4, 0.5) is 0 Å². The van der Waals surface area contributed by atoms with E-state index >= 15 is 0 Å². The zero-order valence-corrected chi connectivity index (χ0v) is 12.6. The van der Waals surface area contributed by atoms with Crippen LogP contribution in [0.5, 0.6) is 17.5 Å². The molecule has 5 nitrogen and oxygen atoms in total. The largest absolute Gasteiger partial charge is 0.508 e. The van der Waals surface area contributed by atoms with Crippen molar-refractivity contribution in [2.45, 2.75) is 0 Å². The number of aromatic nitrogens is 2. The van der Waals surface area contributed by atoms with Crippen LogP contribution in [0.3, 0.4) is 0 Å². The Bertz CT molecular complexity index is 898. The van der Waals surface area contributed by atoms with Gasteiger partial charge in [0.25, 0.3) is 0 Å². The van der Waals surface area contributed by atoms with Crippen molar-refractivity contribution >= 4 is 11.6 Å². The van der Waals surface area contributed by atoms with Crippen LogP contribution in [0.25, 0.3) is 11.6 Å². The van der Waals surface area contributed by atoms with E-state index in [9.17, 15) is 10.4 Å². The van der Waals surface area contributed by atoms with Crippen molar-refractivity contribution in [1.29, 1.82) is 5.26 Å². The normalized spacial score (nSPS) is 10.9. The van der Waals surface area contributed by atoms with Crippen molar-refractivity contribution in [3.63, 3.8) is 0 Å². The second kappa shape index (κ2) is 7.07. The van der Waals surface area contributed by atoms with E-state index < -0.39 is 0 Å². The molecule has 0 aliphatic carbocycles. The number of hydrogen-bond donors (Lipinski definition) is 1. The highest BCUT2D eigenvalue weighted by atomic mass is 16.5. The Kier molecular flexibility index (Phi) is 4.50. The van der Waals surface area contributed by atoms with Gasteiger partial charge in [-0.3, -0.25) is 0 Å². The molecule has 5 heteroatoms. The highest BCUT2D eigenvalue weighted by Crippen LogP contribution is 2.23. The first-order valence-electron chi connectivity index (χ1n) is 7.21. The Balaban J connectivity index is 1.87. The summed E-state index contributed by atoms with van der Waals surface area (Å²) in [6.45, 7) is 0. The van der Waals surface area contributed by atoms with Crippen LogP contribution in [-0.4, -0.2) is 15.1 Å². The zero-order valence-electron chi connectivity index (χ0n) is 12.6. The molecule has 1 heterocycles. The van der Waals surface area contributed by atoms with E-state index in [2.05, 4.69) is 16.0 Å². The fourth-order valence-corrected chi connectivity index (χ4v) is 2.10. The lowest BCUT2D eigenvalue weighted by molar-refractivity contribution is 0.441. The van der Waals surface area contributed by atoms with Gasteiger partial charge in [0.2, 0.25) is 0 Å². The van der Waals surface area contributed by atoms with E-state index in [1.807, 2.05) is 12.1 Å². The summed E-state index contributed by atoms with van der Waals surface area (Å²) >= 11 is 0. The lowest BCUT2D eigenvalue weighted by atomic mass is 10.0. The predicted octanol–water partition coefficient (Wildman–Crippen LogP) is 4.04. The van der Waals surface area contributed by atoms with Crippen LogP contribution in [0, 0.1) is 11.3 Å². The fourth-order valence-electron chi connectivity index (χ4n) is 2.10. The maximum atomic E-state index is 9.38. The molecule has 0 radical (unpaired) electrons. The van der Waals surface area contributed by atoms with Crippen molar-refractivity contribution in [2.24, 2.45) is 0 Å². The van der Waals surface area contributed by atoms with Gasteiger partial charge in [0.15, 0.2) is 0 Å². The Morgan fingerprint density at radius 2 is 1.79 bits per heavy atom. The van der Waals surface area contributed by atoms with Gasteiger partial charge < -0.3 is 9.84 Å². The van der Waals surface area contributed by atoms with Gasteiger partial charge in [0, 0.05) is 12.4 Å². The topological polar surface area (TPSA) is 79.0 Å². The van der Waals surface area contributed by atoms with Crippen LogP contribution < -0.4 is 4.74 Å². The summed E-state index contributed by atoms with van der Waals surface area (Å²) in [6, 6.07) is 17.9. The van der Waals surface area contributed by atoms with Crippen molar-refractivity contribution in [2.75, 3.05) is 0 Å². The molecule has 1 aromatic heterocycles. The number of rotatable bonds is 4. The molecule has 1 N–H and O–H groups in total. The number of allylic oxidation sites excluding steroid dienone is 1. The molecule has 24 heavy (non-hydrogen) atoms. The fraction of sp³-hybridized carbons (Fsp3) is 0. The Morgan fingerprint density at radius 3 is 2.50 bits per heavy atom. The minimum absolute atomic E-state index is 0.161. The van der Waals surface area contributed by atoms with E-state index in [4.69, 9.17) is 4.74 Å². The van der Waals surface area contributed by atoms with Crippen LogP contribution in [0.1, 0.15) is 11.1 Å². The van der Waals surface area contributed by atoms with Gasteiger partial charge in [-0.05, 0) is 59.7 Å². The molecule has 0 aliphatic heterocycles. The molecule has 0 spiro atoms. The van der Waals surface area contributed by atoms with E-state index in [0.717, 1.165) is 11.1 Å². The molecule has 0 amide bonds. The van der Waals surface area contributed by atoms with Gasteiger partial charge >= 0.3 is 6.01 Å². The first-order chi connectivity index (χ1) is 11.7. The highest BCUT2D eigenvalue weighted by Gasteiger charge is 2.03. The molecule has 116 valence electrons. The molecule has 3 aromatic rings. The molecule has 0 saturated carbocycles. The van der Waals surface area contributed by atoms with Crippen molar-refractivity contribution < 1.29 is 9.84 Å². The Morgan fingerprint density at radius 1 is 1.04 bits per heavy atom. The molecular weight excluding hydrogens is 302 g/mol. The molecule has 2 aromatic carbocycles. The second-order valence-corrected chi connectivity index (χ2v) is 4.92. The van der Waals surface area contributed by atoms with Crippen LogP contribution in [0.2, 0.25) is 0 Å². The molecule has 0 bridgehead atoms. The van der Waals surface area contributed by atoms with E-state index in [0.29, 0.717) is 11.3 Å². The van der Waals surface area contributed by atoms with Crippen molar-refractivity contribution in [3.05, 3.63) is 78.1 Å². The van der Waals surface area contributed by atoms with Crippen LogP contribution in [0.15, 0.2) is 67.0 Å². The van der Waals surface area contributed by atoms with E-state index in [1.165, 1.54) is 0 Å². The number of phenols is 1. The lowest BCUT2D eigenvalue weighted by Crippen LogP contribution is -1.90. The molecular formula is C19H13N3O2. The maximum absolute atomic E-state index is 9.38.